The summed E-state index contributed by atoms with van der Waals surface area (Å²) < 4.78 is 18.5. The number of fused-ring (bicyclic) bond motifs is 2. The number of rotatable bonds is 3. The molecule has 0 saturated heterocycles. The van der Waals surface area contributed by atoms with Gasteiger partial charge in [0.05, 0.1) is 19.2 Å². The fourth-order valence-electron chi connectivity index (χ4n) is 3.16. The minimum atomic E-state index is -0.331. The largest absolute Gasteiger partial charge is 0.505 e. The van der Waals surface area contributed by atoms with Gasteiger partial charge in [-0.05, 0) is 17.7 Å². The summed E-state index contributed by atoms with van der Waals surface area (Å²) in [6.07, 6.45) is 2.95. The first-order valence-electron chi connectivity index (χ1n) is 7.66. The summed E-state index contributed by atoms with van der Waals surface area (Å²) in [5.74, 6) is -0.401. The summed E-state index contributed by atoms with van der Waals surface area (Å²) in [5.41, 5.74) is 2.21. The quantitative estimate of drug-likeness (QED) is 0.794. The molecule has 0 aliphatic carbocycles. The zero-order chi connectivity index (χ0) is 17.6. The highest BCUT2D eigenvalue weighted by Gasteiger charge is 2.35. The molecule has 2 heterocycles. The highest BCUT2D eigenvalue weighted by atomic mass is 19.1. The lowest BCUT2D eigenvalue weighted by Gasteiger charge is -2.15. The standard InChI is InChI=1S/C18H14FN3O3/c1-25-17-12-9-22(8-10-2-4-11(19)5-3-10)18(24)13(12)16(23)14-15(17)21-7-6-20-14/h2-7,23H,8-9H2,1H3. The van der Waals surface area contributed by atoms with Crippen LogP contribution in [0.4, 0.5) is 4.39 Å². The molecule has 1 aromatic heterocycles. The molecule has 0 saturated carbocycles. The third-order valence-electron chi connectivity index (χ3n) is 4.29. The number of aromatic nitrogens is 2. The van der Waals surface area contributed by atoms with Gasteiger partial charge < -0.3 is 14.7 Å². The molecule has 4 rings (SSSR count). The van der Waals surface area contributed by atoms with Crippen molar-refractivity contribution in [1.29, 1.82) is 0 Å². The second kappa shape index (κ2) is 5.70. The number of carbonyl (C=O) groups excluding carboxylic acids is 1. The fraction of sp³-hybridized carbons (Fsp3) is 0.167. The Morgan fingerprint density at radius 3 is 2.56 bits per heavy atom. The van der Waals surface area contributed by atoms with Gasteiger partial charge >= 0.3 is 0 Å². The third-order valence-corrected chi connectivity index (χ3v) is 4.29. The Balaban J connectivity index is 1.79. The molecule has 126 valence electrons. The van der Waals surface area contributed by atoms with Crippen molar-refractivity contribution in [3.8, 4) is 11.5 Å². The molecule has 1 N–H and O–H groups in total. The number of phenolic OH excluding ortho intramolecular Hbond substituents is 1. The van der Waals surface area contributed by atoms with Crippen LogP contribution < -0.4 is 4.74 Å². The predicted octanol–water partition coefficient (Wildman–Crippen LogP) is 2.64. The Hall–Kier alpha value is -3.22. The number of phenols is 1. The number of aromatic hydroxyl groups is 1. The van der Waals surface area contributed by atoms with E-state index in [9.17, 15) is 14.3 Å². The van der Waals surface area contributed by atoms with E-state index in [2.05, 4.69) is 9.97 Å². The van der Waals surface area contributed by atoms with Crippen molar-refractivity contribution in [1.82, 2.24) is 14.9 Å². The molecule has 6 nitrogen and oxygen atoms in total. The van der Waals surface area contributed by atoms with E-state index >= 15 is 0 Å². The number of hydrogen-bond acceptors (Lipinski definition) is 5. The Morgan fingerprint density at radius 2 is 1.88 bits per heavy atom. The van der Waals surface area contributed by atoms with Gasteiger partial charge in [-0.1, -0.05) is 12.1 Å². The first kappa shape index (κ1) is 15.3. The molecule has 0 unspecified atom stereocenters. The maximum Gasteiger partial charge on any atom is 0.258 e. The van der Waals surface area contributed by atoms with Gasteiger partial charge in [0, 0.05) is 24.5 Å². The Bertz CT molecular complexity index is 989. The molecule has 7 heteroatoms. The molecule has 3 aromatic rings. The summed E-state index contributed by atoms with van der Waals surface area (Å²) in [4.78, 5) is 22.7. The number of nitrogens with zero attached hydrogens (tertiary/aromatic N) is 3. The third kappa shape index (κ3) is 2.36. The molecule has 0 bridgehead atoms. The number of carbonyl (C=O) groups is 1. The van der Waals surface area contributed by atoms with Gasteiger partial charge in [-0.15, -0.1) is 0 Å². The van der Waals surface area contributed by atoms with Crippen LogP contribution in [0.2, 0.25) is 0 Å². The molecule has 1 aliphatic heterocycles. The van der Waals surface area contributed by atoms with E-state index in [1.54, 1.807) is 17.0 Å². The van der Waals surface area contributed by atoms with Gasteiger partial charge in [-0.3, -0.25) is 4.79 Å². The number of methoxy groups -OCH3 is 1. The van der Waals surface area contributed by atoms with Crippen molar-refractivity contribution in [2.24, 2.45) is 0 Å². The van der Waals surface area contributed by atoms with Gasteiger partial charge in [-0.25, -0.2) is 14.4 Å². The van der Waals surface area contributed by atoms with Crippen LogP contribution >= 0.6 is 0 Å². The Morgan fingerprint density at radius 1 is 1.20 bits per heavy atom. The van der Waals surface area contributed by atoms with Gasteiger partial charge in [0.1, 0.15) is 16.9 Å². The Labute approximate surface area is 142 Å². The minimum Gasteiger partial charge on any atom is -0.505 e. The van der Waals surface area contributed by atoms with Crippen LogP contribution in [0.3, 0.4) is 0 Å². The topological polar surface area (TPSA) is 75.5 Å². The molecule has 1 amide bonds. The lowest BCUT2D eigenvalue weighted by Crippen LogP contribution is -2.23. The van der Waals surface area contributed by atoms with Crippen molar-refractivity contribution in [2.75, 3.05) is 7.11 Å². The predicted molar refractivity (Wildman–Crippen MR) is 87.7 cm³/mol. The highest BCUT2D eigenvalue weighted by Crippen LogP contribution is 2.42. The van der Waals surface area contributed by atoms with Crippen LogP contribution in [-0.2, 0) is 13.1 Å². The van der Waals surface area contributed by atoms with Crippen molar-refractivity contribution in [3.05, 3.63) is 59.2 Å². The van der Waals surface area contributed by atoms with Crippen LogP contribution in [0.1, 0.15) is 21.5 Å². The van der Waals surface area contributed by atoms with E-state index in [-0.39, 0.29) is 35.1 Å². The molecule has 0 atom stereocenters. The number of hydrogen-bond donors (Lipinski definition) is 1. The molecule has 2 aromatic carbocycles. The van der Waals surface area contributed by atoms with Crippen molar-refractivity contribution in [2.45, 2.75) is 13.1 Å². The average Bonchev–Trinajstić information content (AvgIpc) is 2.94. The maximum atomic E-state index is 13.1. The summed E-state index contributed by atoms with van der Waals surface area (Å²) in [7, 11) is 1.49. The van der Waals surface area contributed by atoms with Crippen molar-refractivity contribution >= 4 is 16.9 Å². The molecule has 25 heavy (non-hydrogen) atoms. The van der Waals surface area contributed by atoms with Crippen molar-refractivity contribution < 1.29 is 19.0 Å². The molecular formula is C18H14FN3O3. The lowest BCUT2D eigenvalue weighted by molar-refractivity contribution is 0.0764. The van der Waals surface area contributed by atoms with Gasteiger partial charge in [0.15, 0.2) is 11.5 Å². The van der Waals surface area contributed by atoms with Crippen LogP contribution in [0.15, 0.2) is 36.7 Å². The number of benzene rings is 2. The maximum absolute atomic E-state index is 13.1. The van der Waals surface area contributed by atoms with Crippen LogP contribution in [0.5, 0.6) is 11.5 Å². The summed E-state index contributed by atoms with van der Waals surface area (Å²) in [6.45, 7) is 0.572. The van der Waals surface area contributed by atoms with Gasteiger partial charge in [-0.2, -0.15) is 0 Å². The highest BCUT2D eigenvalue weighted by molar-refractivity contribution is 6.07. The van der Waals surface area contributed by atoms with Crippen LogP contribution in [-0.4, -0.2) is 33.0 Å². The zero-order valence-electron chi connectivity index (χ0n) is 13.4. The van der Waals surface area contributed by atoms with E-state index in [1.165, 1.54) is 31.6 Å². The van der Waals surface area contributed by atoms with E-state index in [4.69, 9.17) is 4.74 Å². The lowest BCUT2D eigenvalue weighted by atomic mass is 10.1. The summed E-state index contributed by atoms with van der Waals surface area (Å²) >= 11 is 0. The van der Waals surface area contributed by atoms with E-state index in [0.29, 0.717) is 23.4 Å². The molecule has 0 radical (unpaired) electrons. The van der Waals surface area contributed by atoms with E-state index in [0.717, 1.165) is 5.56 Å². The second-order valence-corrected chi connectivity index (χ2v) is 5.78. The summed E-state index contributed by atoms with van der Waals surface area (Å²) in [5, 5.41) is 10.5. The van der Waals surface area contributed by atoms with Crippen molar-refractivity contribution in [3.63, 3.8) is 0 Å². The van der Waals surface area contributed by atoms with E-state index < -0.39 is 0 Å². The number of amides is 1. The normalized spacial score (nSPS) is 13.4. The van der Waals surface area contributed by atoms with Gasteiger partial charge in [0.2, 0.25) is 0 Å². The molecule has 0 fully saturated rings. The first-order chi connectivity index (χ1) is 12.1. The molecule has 1 aliphatic rings. The zero-order valence-corrected chi connectivity index (χ0v) is 13.4. The summed E-state index contributed by atoms with van der Waals surface area (Å²) in [6, 6.07) is 5.96. The van der Waals surface area contributed by atoms with Gasteiger partial charge in [0.25, 0.3) is 5.91 Å². The monoisotopic (exact) mass is 339 g/mol. The first-order valence-corrected chi connectivity index (χ1v) is 7.66. The minimum absolute atomic E-state index is 0.187. The van der Waals surface area contributed by atoms with Crippen LogP contribution in [0, 0.1) is 5.82 Å². The average molecular weight is 339 g/mol. The number of halogens is 1. The molecular weight excluding hydrogens is 325 g/mol. The smallest absolute Gasteiger partial charge is 0.258 e. The SMILES string of the molecule is COc1c2c(c(O)c3nccnc13)C(=O)N(Cc1ccc(F)cc1)C2. The van der Waals surface area contributed by atoms with Crippen LogP contribution in [0.25, 0.3) is 11.0 Å². The number of ether oxygens (including phenoxy) is 1. The molecule has 0 spiro atoms. The fourth-order valence-corrected chi connectivity index (χ4v) is 3.16. The van der Waals surface area contributed by atoms with E-state index in [1.807, 2.05) is 0 Å². The Kier molecular flexibility index (Phi) is 3.49. The second-order valence-electron chi connectivity index (χ2n) is 5.78.